The van der Waals surface area contributed by atoms with E-state index in [1.165, 1.54) is 0 Å². The summed E-state index contributed by atoms with van der Waals surface area (Å²) in [6, 6.07) is 0. The largest absolute Gasteiger partial charge is 1.00 e. The van der Waals surface area contributed by atoms with Crippen molar-refractivity contribution >= 4 is 25.9 Å². The van der Waals surface area contributed by atoms with E-state index in [0.29, 0.717) is 0 Å². The van der Waals surface area contributed by atoms with Crippen molar-refractivity contribution in [2.24, 2.45) is 0 Å². The van der Waals surface area contributed by atoms with Crippen LogP contribution in [-0.4, -0.2) is 25.9 Å². The van der Waals surface area contributed by atoms with Crippen LogP contribution in [0, 0.1) is 0 Å². The summed E-state index contributed by atoms with van der Waals surface area (Å²) in [7, 11) is 0. The number of hydrogen-bond acceptors (Lipinski definition) is 2. The first-order valence-electron chi connectivity index (χ1n) is 3.41. The van der Waals surface area contributed by atoms with Crippen molar-refractivity contribution in [1.29, 1.82) is 0 Å². The third kappa shape index (κ3) is 2.34. The van der Waals surface area contributed by atoms with Gasteiger partial charge in [-0.1, -0.05) is 0 Å². The summed E-state index contributed by atoms with van der Waals surface area (Å²) in [6.07, 6.45) is 0. The summed E-state index contributed by atoms with van der Waals surface area (Å²) in [6.45, 7) is 0. The number of allylic oxidation sites excluding steroid dienone is 2. The number of halogens is 6. The molecular formula is C6H2AgF6O2Sb. The summed E-state index contributed by atoms with van der Waals surface area (Å²) in [5.74, 6) is -10.3. The van der Waals surface area contributed by atoms with Gasteiger partial charge < -0.3 is 0 Å². The SMILES string of the molecule is O=C([O-])[CH]1C(F)=C(F)C(F)=[C](F)[SbH]1([F])[F].[Ag+]. The number of aliphatic carboxylic acids is 1. The maximum atomic E-state index is 12.9. The number of rotatable bonds is 1. The normalized spacial score (nSPS) is 26.2. The van der Waals surface area contributed by atoms with E-state index in [9.17, 15) is 33.1 Å². The average Bonchev–Trinajstić information content (AvgIpc) is 2.11. The topological polar surface area (TPSA) is 40.1 Å². The van der Waals surface area contributed by atoms with Crippen molar-refractivity contribution in [1.82, 2.24) is 0 Å². The number of carboxylic acids is 1. The molecule has 1 rings (SSSR count). The van der Waals surface area contributed by atoms with Gasteiger partial charge in [-0.15, -0.1) is 0 Å². The molecule has 0 radical (unpaired) electrons. The fourth-order valence-corrected chi connectivity index (χ4v) is 5.00. The molecule has 0 bridgehead atoms. The molecule has 0 N–H and O–H groups in total. The molecule has 0 aromatic heterocycles. The van der Waals surface area contributed by atoms with Crippen molar-refractivity contribution in [3.8, 4) is 0 Å². The van der Waals surface area contributed by atoms with E-state index in [-0.39, 0.29) is 22.4 Å². The van der Waals surface area contributed by atoms with Crippen LogP contribution in [-0.2, 0) is 27.2 Å². The Hall–Kier alpha value is 0.0884. The molecule has 0 saturated carbocycles. The minimum atomic E-state index is -7.35. The van der Waals surface area contributed by atoms with E-state index in [4.69, 9.17) is 0 Å². The molecule has 0 aromatic carbocycles. The molecule has 2 nitrogen and oxygen atoms in total. The van der Waals surface area contributed by atoms with Crippen molar-refractivity contribution in [2.75, 3.05) is 0 Å². The fourth-order valence-electron chi connectivity index (χ4n) is 1.01. The van der Waals surface area contributed by atoms with Gasteiger partial charge in [0, 0.05) is 0 Å². The van der Waals surface area contributed by atoms with Gasteiger partial charge in [-0.05, 0) is 0 Å². The second-order valence-corrected chi connectivity index (χ2v) is 9.12. The standard InChI is InChI=1S/C6H2F4O2.Ag.2FH.Sb.H/c7-2-4(9)6(10)3(8)1-5(11)12;;;;;/h1H,(H,11,12);;2*1H;;/q;+1;;;+2;/p-3. The molecule has 1 heterocycles. The molecule has 0 spiro atoms. The first kappa shape index (κ1) is 16.1. The van der Waals surface area contributed by atoms with Crippen LogP contribution in [0.4, 0.5) is 23.2 Å². The second-order valence-electron chi connectivity index (χ2n) is 2.66. The Morgan fingerprint density at radius 1 is 1.12 bits per heavy atom. The molecule has 0 amide bonds. The Labute approximate surface area is 106 Å². The summed E-state index contributed by atoms with van der Waals surface area (Å²) in [5.41, 5.74) is 0. The Balaban J connectivity index is 0.00000225. The zero-order valence-corrected chi connectivity index (χ0v) is 11.3. The molecule has 1 aliphatic heterocycles. The molecule has 1 aliphatic rings. The number of carbonyl (C=O) groups is 1. The van der Waals surface area contributed by atoms with E-state index in [0.717, 1.165) is 0 Å². The van der Waals surface area contributed by atoms with Gasteiger partial charge >= 0.3 is 107 Å². The third-order valence-electron chi connectivity index (χ3n) is 1.74. The van der Waals surface area contributed by atoms with Gasteiger partial charge in [0.25, 0.3) is 0 Å². The fraction of sp³-hybridized carbons (Fsp3) is 0.167. The summed E-state index contributed by atoms with van der Waals surface area (Å²) in [5, 5.41) is 10.1. The first-order valence-corrected chi connectivity index (χ1v) is 8.64. The maximum absolute atomic E-state index is 12.9. The van der Waals surface area contributed by atoms with Gasteiger partial charge in [-0.2, -0.15) is 0 Å². The van der Waals surface area contributed by atoms with Crippen LogP contribution in [0.2, 0.25) is 3.86 Å². The van der Waals surface area contributed by atoms with E-state index in [1.807, 2.05) is 0 Å². The zero-order valence-electron chi connectivity index (χ0n) is 6.96. The molecule has 0 aromatic rings. The molecule has 96 valence electrons. The molecular weight excluding hydrogens is 448 g/mol. The van der Waals surface area contributed by atoms with Crippen LogP contribution in [0.25, 0.3) is 0 Å². The Morgan fingerprint density at radius 3 is 1.94 bits per heavy atom. The minimum Gasteiger partial charge on any atom is 1.00 e. The van der Waals surface area contributed by atoms with Gasteiger partial charge in [0.2, 0.25) is 0 Å². The minimum absolute atomic E-state index is 0. The maximum Gasteiger partial charge on any atom is 1.00 e. The predicted molar refractivity (Wildman–Crippen MR) is 36.6 cm³/mol. The molecule has 0 saturated heterocycles. The van der Waals surface area contributed by atoms with Gasteiger partial charge in [-0.3, -0.25) is 0 Å². The van der Waals surface area contributed by atoms with E-state index < -0.39 is 51.1 Å². The first-order chi connectivity index (χ1) is 6.71. The monoisotopic (exact) mass is 448 g/mol. The van der Waals surface area contributed by atoms with Gasteiger partial charge in [0.15, 0.2) is 0 Å². The molecule has 0 aliphatic carbocycles. The molecule has 0 fully saturated rings. The quantitative estimate of drug-likeness (QED) is 0.444. The Morgan fingerprint density at radius 2 is 1.56 bits per heavy atom. The smallest absolute Gasteiger partial charge is 1.00 e. The van der Waals surface area contributed by atoms with Crippen LogP contribution in [0.15, 0.2) is 21.3 Å². The average molecular weight is 450 g/mol. The van der Waals surface area contributed by atoms with Crippen LogP contribution >= 0.6 is 0 Å². The van der Waals surface area contributed by atoms with Crippen LogP contribution in [0.3, 0.4) is 0 Å². The van der Waals surface area contributed by atoms with Crippen LogP contribution in [0.5, 0.6) is 0 Å². The van der Waals surface area contributed by atoms with Gasteiger partial charge in [-0.25, -0.2) is 0 Å². The van der Waals surface area contributed by atoms with Gasteiger partial charge in [0.1, 0.15) is 0 Å². The third-order valence-corrected chi connectivity index (χ3v) is 7.50. The summed E-state index contributed by atoms with van der Waals surface area (Å²) < 4.78 is 69.6. The van der Waals surface area contributed by atoms with E-state index >= 15 is 0 Å². The molecule has 16 heavy (non-hydrogen) atoms. The van der Waals surface area contributed by atoms with E-state index in [1.54, 1.807) is 0 Å². The molecule has 1 unspecified atom stereocenters. The molecule has 1 atom stereocenters. The van der Waals surface area contributed by atoms with Crippen LogP contribution < -0.4 is 5.11 Å². The Kier molecular flexibility index (Phi) is 5.19. The van der Waals surface area contributed by atoms with Crippen molar-refractivity contribution in [3.05, 3.63) is 21.3 Å². The van der Waals surface area contributed by atoms with Crippen molar-refractivity contribution in [2.45, 2.75) is 3.86 Å². The summed E-state index contributed by atoms with van der Waals surface area (Å²) in [4.78, 5) is 10.1. The van der Waals surface area contributed by atoms with Crippen molar-refractivity contribution < 1.29 is 55.5 Å². The number of carboxylic acid groups (broad SMARTS) is 1. The molecule has 10 heteroatoms. The second kappa shape index (κ2) is 5.16. The number of carbonyl (C=O) groups excluding carboxylic acids is 1. The number of hydrogen-bond donors (Lipinski definition) is 0. The Bertz CT molecular complexity index is 392. The van der Waals surface area contributed by atoms with Crippen LogP contribution in [0.1, 0.15) is 0 Å². The van der Waals surface area contributed by atoms with Crippen molar-refractivity contribution in [3.63, 3.8) is 0 Å². The predicted octanol–water partition coefficient (Wildman–Crippen LogP) is 1.07. The zero-order chi connectivity index (χ0) is 12.0. The van der Waals surface area contributed by atoms with E-state index in [2.05, 4.69) is 0 Å². The summed E-state index contributed by atoms with van der Waals surface area (Å²) >= 11 is -7.35. The van der Waals surface area contributed by atoms with Gasteiger partial charge in [0.05, 0.1) is 0 Å².